The summed E-state index contributed by atoms with van der Waals surface area (Å²) in [7, 11) is -3.83. The minimum absolute atomic E-state index is 0.0741. The molecule has 0 unspecified atom stereocenters. The van der Waals surface area contributed by atoms with E-state index >= 15 is 0 Å². The van der Waals surface area contributed by atoms with Crippen molar-refractivity contribution in [1.82, 2.24) is 5.32 Å². The van der Waals surface area contributed by atoms with E-state index in [1.165, 1.54) is 12.1 Å². The van der Waals surface area contributed by atoms with Gasteiger partial charge in [0.15, 0.2) is 0 Å². The summed E-state index contributed by atoms with van der Waals surface area (Å²) < 4.78 is 28.3. The highest BCUT2D eigenvalue weighted by Gasteiger charge is 2.26. The summed E-state index contributed by atoms with van der Waals surface area (Å²) in [5.74, 6) is 0. The second-order valence-electron chi connectivity index (χ2n) is 3.58. The second-order valence-corrected chi connectivity index (χ2v) is 5.15. The van der Waals surface area contributed by atoms with E-state index in [0.29, 0.717) is 13.1 Å². The van der Waals surface area contributed by atoms with Crippen LogP contribution in [0.15, 0.2) is 29.2 Å². The highest BCUT2D eigenvalue weighted by Crippen LogP contribution is 2.19. The Morgan fingerprint density at radius 3 is 2.29 bits per heavy atom. The summed E-state index contributed by atoms with van der Waals surface area (Å²) in [6.45, 7) is 0.985. The first kappa shape index (κ1) is 12.0. The van der Waals surface area contributed by atoms with Crippen molar-refractivity contribution in [2.45, 2.75) is 11.0 Å². The van der Waals surface area contributed by atoms with E-state index in [1.807, 2.05) is 0 Å². The standard InChI is InChI=1S/C9H10N2O5S/c12-11(13)7-1-3-9(4-2-7)17(14,15)16-8-5-10-6-8/h1-4,8,10H,5-6H2. The Morgan fingerprint density at radius 2 is 1.88 bits per heavy atom. The molecule has 0 spiro atoms. The quantitative estimate of drug-likeness (QED) is 0.473. The van der Waals surface area contributed by atoms with Crippen molar-refractivity contribution in [2.75, 3.05) is 13.1 Å². The van der Waals surface area contributed by atoms with Crippen LogP contribution in [0.3, 0.4) is 0 Å². The molecule has 0 saturated carbocycles. The lowest BCUT2D eigenvalue weighted by Crippen LogP contribution is -2.49. The van der Waals surface area contributed by atoms with E-state index in [2.05, 4.69) is 5.32 Å². The van der Waals surface area contributed by atoms with Crippen molar-refractivity contribution in [3.05, 3.63) is 34.4 Å². The first-order chi connectivity index (χ1) is 7.99. The number of nitrogens with zero attached hydrogens (tertiary/aromatic N) is 1. The molecule has 1 aromatic carbocycles. The number of non-ortho nitro benzene ring substituents is 1. The molecule has 1 aliphatic heterocycles. The van der Waals surface area contributed by atoms with Crippen LogP contribution in [0.1, 0.15) is 0 Å². The molecule has 0 aromatic heterocycles. The zero-order valence-electron chi connectivity index (χ0n) is 8.70. The van der Waals surface area contributed by atoms with Crippen molar-refractivity contribution in [3.63, 3.8) is 0 Å². The summed E-state index contributed by atoms with van der Waals surface area (Å²) in [6.07, 6.45) is -0.352. The van der Waals surface area contributed by atoms with Gasteiger partial charge in [0.25, 0.3) is 15.8 Å². The van der Waals surface area contributed by atoms with Gasteiger partial charge in [-0.3, -0.25) is 14.3 Å². The summed E-state index contributed by atoms with van der Waals surface area (Å²) in [5, 5.41) is 13.3. The molecule has 1 heterocycles. The number of benzene rings is 1. The summed E-state index contributed by atoms with van der Waals surface area (Å²) in [4.78, 5) is 9.75. The number of nitro groups is 1. The number of hydrogen-bond acceptors (Lipinski definition) is 6. The number of nitrogens with one attached hydrogen (secondary N) is 1. The molecule has 17 heavy (non-hydrogen) atoms. The Labute approximate surface area is 97.7 Å². The molecule has 0 atom stereocenters. The lowest BCUT2D eigenvalue weighted by atomic mass is 10.2. The minimum Gasteiger partial charge on any atom is -0.311 e. The zero-order valence-corrected chi connectivity index (χ0v) is 9.51. The zero-order chi connectivity index (χ0) is 12.5. The Kier molecular flexibility index (Phi) is 3.09. The molecule has 1 fully saturated rings. The molecule has 0 radical (unpaired) electrons. The first-order valence-corrected chi connectivity index (χ1v) is 6.28. The van der Waals surface area contributed by atoms with Gasteiger partial charge < -0.3 is 5.32 Å². The molecule has 1 aromatic rings. The molecule has 0 bridgehead atoms. The number of rotatable bonds is 4. The molecular formula is C9H10N2O5S. The van der Waals surface area contributed by atoms with Crippen LogP contribution in [0.5, 0.6) is 0 Å². The van der Waals surface area contributed by atoms with E-state index in [4.69, 9.17) is 4.18 Å². The molecule has 2 rings (SSSR count). The maximum atomic E-state index is 11.7. The fraction of sp³-hybridized carbons (Fsp3) is 0.333. The van der Waals surface area contributed by atoms with Crippen LogP contribution in [0, 0.1) is 10.1 Å². The van der Waals surface area contributed by atoms with Crippen molar-refractivity contribution in [1.29, 1.82) is 0 Å². The van der Waals surface area contributed by atoms with Gasteiger partial charge in [0.1, 0.15) is 6.10 Å². The highest BCUT2D eigenvalue weighted by atomic mass is 32.2. The van der Waals surface area contributed by atoms with Crippen LogP contribution in [-0.2, 0) is 14.3 Å². The molecule has 0 aliphatic carbocycles. The second kappa shape index (κ2) is 4.40. The van der Waals surface area contributed by atoms with Crippen LogP contribution >= 0.6 is 0 Å². The maximum Gasteiger partial charge on any atom is 0.297 e. The third kappa shape index (κ3) is 2.60. The molecule has 92 valence electrons. The Balaban J connectivity index is 2.17. The minimum atomic E-state index is -3.83. The van der Waals surface area contributed by atoms with E-state index in [-0.39, 0.29) is 16.7 Å². The molecule has 1 saturated heterocycles. The van der Waals surface area contributed by atoms with E-state index in [1.54, 1.807) is 0 Å². The topological polar surface area (TPSA) is 98.5 Å². The van der Waals surface area contributed by atoms with Crippen LogP contribution in [0.2, 0.25) is 0 Å². The van der Waals surface area contributed by atoms with Gasteiger partial charge in [-0.25, -0.2) is 0 Å². The monoisotopic (exact) mass is 258 g/mol. The molecule has 7 nitrogen and oxygen atoms in total. The average molecular weight is 258 g/mol. The van der Waals surface area contributed by atoms with E-state index in [9.17, 15) is 18.5 Å². The highest BCUT2D eigenvalue weighted by molar-refractivity contribution is 7.86. The summed E-state index contributed by atoms with van der Waals surface area (Å²) in [5.41, 5.74) is -0.158. The van der Waals surface area contributed by atoms with Gasteiger partial charge >= 0.3 is 0 Å². The van der Waals surface area contributed by atoms with Gasteiger partial charge in [0.05, 0.1) is 9.82 Å². The summed E-state index contributed by atoms with van der Waals surface area (Å²) >= 11 is 0. The van der Waals surface area contributed by atoms with Crippen LogP contribution < -0.4 is 5.32 Å². The predicted octanol–water partition coefficient (Wildman–Crippen LogP) is 0.272. The average Bonchev–Trinajstić information content (AvgIpc) is 2.24. The number of hydrogen-bond donors (Lipinski definition) is 1. The van der Waals surface area contributed by atoms with Crippen LogP contribution in [0.4, 0.5) is 5.69 Å². The number of nitro benzene ring substituents is 1. The molecule has 1 aliphatic rings. The van der Waals surface area contributed by atoms with E-state index < -0.39 is 15.0 Å². The molecule has 0 amide bonds. The van der Waals surface area contributed by atoms with Gasteiger partial charge in [0, 0.05) is 25.2 Å². The summed E-state index contributed by atoms with van der Waals surface area (Å²) in [6, 6.07) is 4.60. The Bertz CT molecular complexity index is 521. The lowest BCUT2D eigenvalue weighted by Gasteiger charge is -2.26. The third-order valence-electron chi connectivity index (χ3n) is 2.34. The Hall–Kier alpha value is -1.51. The van der Waals surface area contributed by atoms with Gasteiger partial charge in [-0.2, -0.15) is 8.42 Å². The van der Waals surface area contributed by atoms with Gasteiger partial charge in [-0.1, -0.05) is 0 Å². The van der Waals surface area contributed by atoms with Crippen molar-refractivity contribution in [2.24, 2.45) is 0 Å². The van der Waals surface area contributed by atoms with Gasteiger partial charge in [0.2, 0.25) is 0 Å². The van der Waals surface area contributed by atoms with E-state index in [0.717, 1.165) is 12.1 Å². The SMILES string of the molecule is O=[N+]([O-])c1ccc(S(=O)(=O)OC2CNC2)cc1. The fourth-order valence-corrected chi connectivity index (χ4v) is 2.37. The smallest absolute Gasteiger partial charge is 0.297 e. The normalized spacial score (nSPS) is 16.5. The van der Waals surface area contributed by atoms with Crippen LogP contribution in [0.25, 0.3) is 0 Å². The first-order valence-electron chi connectivity index (χ1n) is 4.87. The molecule has 8 heteroatoms. The Morgan fingerprint density at radius 1 is 1.29 bits per heavy atom. The maximum absolute atomic E-state index is 11.7. The third-order valence-corrected chi connectivity index (χ3v) is 3.72. The molecule has 1 N–H and O–H groups in total. The van der Waals surface area contributed by atoms with Crippen molar-refractivity contribution < 1.29 is 17.5 Å². The fourth-order valence-electron chi connectivity index (χ4n) is 1.30. The molecular weight excluding hydrogens is 248 g/mol. The van der Waals surface area contributed by atoms with Crippen LogP contribution in [-0.4, -0.2) is 32.5 Å². The van der Waals surface area contributed by atoms with Crippen molar-refractivity contribution in [3.8, 4) is 0 Å². The lowest BCUT2D eigenvalue weighted by molar-refractivity contribution is -0.384. The largest absolute Gasteiger partial charge is 0.311 e. The van der Waals surface area contributed by atoms with Gasteiger partial charge in [-0.15, -0.1) is 0 Å². The van der Waals surface area contributed by atoms with Gasteiger partial charge in [-0.05, 0) is 12.1 Å². The predicted molar refractivity (Wildman–Crippen MR) is 58.0 cm³/mol. The van der Waals surface area contributed by atoms with Crippen molar-refractivity contribution >= 4 is 15.8 Å².